The minimum atomic E-state index is -1.30. The van der Waals surface area contributed by atoms with Gasteiger partial charge in [-0.25, -0.2) is 4.79 Å². The first-order valence-electron chi connectivity index (χ1n) is 13.8. The van der Waals surface area contributed by atoms with Crippen LogP contribution in [0.4, 0.5) is 0 Å². The molecular weight excluding hydrogens is 544 g/mol. The summed E-state index contributed by atoms with van der Waals surface area (Å²) < 4.78 is 0. The van der Waals surface area contributed by atoms with E-state index in [2.05, 4.69) is 22.9 Å². The molecule has 0 aliphatic carbocycles. The van der Waals surface area contributed by atoms with E-state index in [1.165, 1.54) is 39.0 Å². The van der Waals surface area contributed by atoms with Crippen molar-refractivity contribution in [3.63, 3.8) is 0 Å². The van der Waals surface area contributed by atoms with Crippen LogP contribution >= 0.6 is 11.8 Å². The van der Waals surface area contributed by atoms with Gasteiger partial charge in [0.25, 0.3) is 0 Å². The SMILES string of the molecule is CCCCCCCCCCCC(=O)N[C@H](CCC(=O)N[C@H](CSC[C@H](N)C(=O)O)C(=O)N[C@H](C)C(=O)O)C(=O)O. The summed E-state index contributed by atoms with van der Waals surface area (Å²) in [6.07, 6.45) is 9.36. The molecule has 0 aliphatic heterocycles. The Labute approximate surface area is 239 Å². The number of unbranched alkanes of at least 4 members (excludes halogenated alkanes) is 8. The summed E-state index contributed by atoms with van der Waals surface area (Å²) in [5.74, 6) is -5.89. The van der Waals surface area contributed by atoms with Crippen LogP contribution in [0.15, 0.2) is 0 Å². The first-order valence-corrected chi connectivity index (χ1v) is 14.9. The summed E-state index contributed by atoms with van der Waals surface area (Å²) in [5, 5.41) is 34.5. The van der Waals surface area contributed by atoms with Gasteiger partial charge in [0.15, 0.2) is 0 Å². The molecule has 4 atom stereocenters. The number of carboxylic acid groups (broad SMARTS) is 3. The van der Waals surface area contributed by atoms with Crippen LogP contribution in [-0.2, 0) is 28.8 Å². The molecule has 0 aromatic heterocycles. The van der Waals surface area contributed by atoms with Gasteiger partial charge in [0.05, 0.1) is 0 Å². The molecule has 0 spiro atoms. The summed E-state index contributed by atoms with van der Waals surface area (Å²) in [7, 11) is 0. The molecule has 0 aromatic rings. The second-order valence-corrected chi connectivity index (χ2v) is 10.8. The van der Waals surface area contributed by atoms with Crippen molar-refractivity contribution < 1.29 is 44.1 Å². The van der Waals surface area contributed by atoms with Crippen LogP contribution in [0.3, 0.4) is 0 Å². The predicted molar refractivity (Wildman–Crippen MR) is 151 cm³/mol. The molecule has 14 heteroatoms. The first-order chi connectivity index (χ1) is 18.9. The van der Waals surface area contributed by atoms with Gasteiger partial charge in [0.1, 0.15) is 24.2 Å². The molecule has 13 nitrogen and oxygen atoms in total. The molecule has 0 heterocycles. The number of amides is 3. The lowest BCUT2D eigenvalue weighted by atomic mass is 10.1. The highest BCUT2D eigenvalue weighted by atomic mass is 32.2. The number of nitrogens with one attached hydrogen (secondary N) is 3. The molecule has 0 fully saturated rings. The second-order valence-electron chi connectivity index (χ2n) is 9.75. The number of carbonyl (C=O) groups excluding carboxylic acids is 3. The van der Waals surface area contributed by atoms with Gasteiger partial charge in [-0.2, -0.15) is 11.8 Å². The number of rotatable bonds is 24. The largest absolute Gasteiger partial charge is 0.480 e. The van der Waals surface area contributed by atoms with E-state index >= 15 is 0 Å². The number of carboxylic acids is 3. The van der Waals surface area contributed by atoms with Crippen molar-refractivity contribution in [2.24, 2.45) is 5.73 Å². The number of hydrogen-bond acceptors (Lipinski definition) is 8. The van der Waals surface area contributed by atoms with E-state index in [0.29, 0.717) is 6.42 Å². The van der Waals surface area contributed by atoms with Crippen molar-refractivity contribution >= 4 is 47.4 Å². The van der Waals surface area contributed by atoms with Crippen molar-refractivity contribution in [2.75, 3.05) is 11.5 Å². The summed E-state index contributed by atoms with van der Waals surface area (Å²) >= 11 is 0.978. The zero-order valence-corrected chi connectivity index (χ0v) is 24.3. The molecule has 0 aromatic carbocycles. The Bertz CT molecular complexity index is 828. The van der Waals surface area contributed by atoms with E-state index in [1.54, 1.807) is 0 Å². The van der Waals surface area contributed by atoms with E-state index in [4.69, 9.17) is 15.9 Å². The number of carbonyl (C=O) groups is 6. The van der Waals surface area contributed by atoms with Gasteiger partial charge in [-0.05, 0) is 19.8 Å². The van der Waals surface area contributed by atoms with Crippen LogP contribution < -0.4 is 21.7 Å². The maximum Gasteiger partial charge on any atom is 0.326 e. The van der Waals surface area contributed by atoms with E-state index in [1.807, 2.05) is 0 Å². The number of thioether (sulfide) groups is 1. The highest BCUT2D eigenvalue weighted by molar-refractivity contribution is 7.99. The van der Waals surface area contributed by atoms with Crippen molar-refractivity contribution in [1.29, 1.82) is 0 Å². The first kappa shape index (κ1) is 37.1. The molecule has 0 saturated heterocycles. The minimum absolute atomic E-state index is 0.0600. The molecule has 0 unspecified atom stereocenters. The quantitative estimate of drug-likeness (QED) is 0.0797. The van der Waals surface area contributed by atoms with Gasteiger partial charge in [0.2, 0.25) is 17.7 Å². The Morgan fingerprint density at radius 1 is 0.675 bits per heavy atom. The lowest BCUT2D eigenvalue weighted by Crippen LogP contribution is -2.52. The van der Waals surface area contributed by atoms with E-state index in [9.17, 15) is 33.9 Å². The maximum atomic E-state index is 12.5. The van der Waals surface area contributed by atoms with Gasteiger partial charge in [-0.3, -0.25) is 24.0 Å². The molecule has 0 radical (unpaired) electrons. The summed E-state index contributed by atoms with van der Waals surface area (Å²) in [6.45, 7) is 3.41. The highest BCUT2D eigenvalue weighted by Gasteiger charge is 2.26. The lowest BCUT2D eigenvalue weighted by Gasteiger charge is -2.21. The minimum Gasteiger partial charge on any atom is -0.480 e. The average Bonchev–Trinajstić information content (AvgIpc) is 2.88. The van der Waals surface area contributed by atoms with Crippen LogP contribution in [0.1, 0.15) is 90.9 Å². The fourth-order valence-corrected chi connectivity index (χ4v) is 4.61. The Balaban J connectivity index is 4.71. The second kappa shape index (κ2) is 21.9. The summed E-state index contributed by atoms with van der Waals surface area (Å²) in [5.41, 5.74) is 5.45. The molecule has 3 amide bonds. The lowest BCUT2D eigenvalue weighted by molar-refractivity contribution is -0.142. The molecular formula is C26H46N4O9S. The Morgan fingerprint density at radius 2 is 1.20 bits per heavy atom. The molecule has 0 aliphatic rings. The van der Waals surface area contributed by atoms with Crippen molar-refractivity contribution in [2.45, 2.75) is 115 Å². The van der Waals surface area contributed by atoms with Crippen molar-refractivity contribution in [1.82, 2.24) is 16.0 Å². The van der Waals surface area contributed by atoms with Gasteiger partial charge in [0, 0.05) is 24.3 Å². The zero-order chi connectivity index (χ0) is 30.5. The predicted octanol–water partition coefficient (Wildman–Crippen LogP) is 1.48. The fourth-order valence-electron chi connectivity index (χ4n) is 3.60. The van der Waals surface area contributed by atoms with Gasteiger partial charge < -0.3 is 37.0 Å². The van der Waals surface area contributed by atoms with Gasteiger partial charge in [-0.1, -0.05) is 58.3 Å². The summed E-state index contributed by atoms with van der Waals surface area (Å²) in [6, 6.07) is -4.95. The zero-order valence-electron chi connectivity index (χ0n) is 23.5. The third-order valence-corrected chi connectivity index (χ3v) is 7.24. The number of hydrogen-bond donors (Lipinski definition) is 7. The maximum absolute atomic E-state index is 12.5. The molecule has 0 saturated carbocycles. The Morgan fingerprint density at radius 3 is 1.73 bits per heavy atom. The number of aliphatic carboxylic acids is 3. The summed E-state index contributed by atoms with van der Waals surface area (Å²) in [4.78, 5) is 70.8. The van der Waals surface area contributed by atoms with Crippen LogP contribution in [0, 0.1) is 0 Å². The van der Waals surface area contributed by atoms with Gasteiger partial charge >= 0.3 is 17.9 Å². The van der Waals surface area contributed by atoms with Crippen molar-refractivity contribution in [3.8, 4) is 0 Å². The Hall–Kier alpha value is -2.87. The fraction of sp³-hybridized carbons (Fsp3) is 0.769. The van der Waals surface area contributed by atoms with E-state index in [-0.39, 0.29) is 30.8 Å². The highest BCUT2D eigenvalue weighted by Crippen LogP contribution is 2.11. The molecule has 8 N–H and O–H groups in total. The van der Waals surface area contributed by atoms with Crippen LogP contribution in [0.5, 0.6) is 0 Å². The topological polar surface area (TPSA) is 225 Å². The molecule has 0 bridgehead atoms. The number of nitrogens with two attached hydrogens (primary N) is 1. The van der Waals surface area contributed by atoms with E-state index < -0.39 is 59.8 Å². The molecule has 0 rings (SSSR count). The van der Waals surface area contributed by atoms with Crippen LogP contribution in [0.25, 0.3) is 0 Å². The van der Waals surface area contributed by atoms with Gasteiger partial charge in [-0.15, -0.1) is 0 Å². The smallest absolute Gasteiger partial charge is 0.326 e. The van der Waals surface area contributed by atoms with Crippen LogP contribution in [0.2, 0.25) is 0 Å². The van der Waals surface area contributed by atoms with E-state index in [0.717, 1.165) is 31.0 Å². The standard InChI is InChI=1S/C26H46N4O9S/c1-3-4-5-6-7-8-9-10-11-12-21(31)29-19(26(38)39)13-14-22(32)30-20(16-40-15-18(27)25(36)37)23(33)28-17(2)24(34)35/h17-20H,3-16,27H2,1-2H3,(H,28,33)(H,29,31)(H,30,32)(H,34,35)(H,36,37)(H,38,39)/t17-,18+,19-,20-/m1/s1. The monoisotopic (exact) mass is 590 g/mol. The normalized spacial score (nSPS) is 13.9. The average molecular weight is 591 g/mol. The van der Waals surface area contributed by atoms with Crippen molar-refractivity contribution in [3.05, 3.63) is 0 Å². The van der Waals surface area contributed by atoms with Crippen LogP contribution in [-0.4, -0.2) is 86.6 Å². The molecule has 230 valence electrons. The Kier molecular flexibility index (Phi) is 20.3. The third kappa shape index (κ3) is 18.4. The third-order valence-electron chi connectivity index (χ3n) is 6.08. The molecule has 40 heavy (non-hydrogen) atoms.